The molecular weight excluding hydrogens is 502 g/mol. The third kappa shape index (κ3) is 5.08. The van der Waals surface area contributed by atoms with Gasteiger partial charge in [0.15, 0.2) is 5.58 Å². The number of alkyl halides is 4. The fraction of sp³-hybridized carbons (Fsp3) is 0.480. The third-order valence-corrected chi connectivity index (χ3v) is 7.07. The van der Waals surface area contributed by atoms with Crippen molar-refractivity contribution in [3.8, 4) is 0 Å². The molecule has 0 radical (unpaired) electrons. The molecule has 6 nitrogen and oxygen atoms in total. The topological polar surface area (TPSA) is 64.5 Å². The predicted molar refractivity (Wildman–Crippen MR) is 125 cm³/mol. The Hall–Kier alpha value is -2.99. The number of rotatable bonds is 7. The summed E-state index contributed by atoms with van der Waals surface area (Å²) < 4.78 is 89.4. The minimum absolute atomic E-state index is 0.0776. The molecular formula is C25H26F6N4O2. The lowest BCUT2D eigenvalue weighted by molar-refractivity contribution is -0.155. The number of oxazole rings is 1. The van der Waals surface area contributed by atoms with Gasteiger partial charge in [-0.15, -0.1) is 0 Å². The van der Waals surface area contributed by atoms with Gasteiger partial charge in [0.25, 0.3) is 0 Å². The highest BCUT2D eigenvalue weighted by Crippen LogP contribution is 2.43. The van der Waals surface area contributed by atoms with Crippen LogP contribution in [0.1, 0.15) is 36.1 Å². The molecule has 2 N–H and O–H groups in total. The van der Waals surface area contributed by atoms with Crippen molar-refractivity contribution >= 4 is 16.8 Å². The Bertz CT molecular complexity index is 1320. The number of nitrogens with zero attached hydrogens (tertiary/aromatic N) is 2. The number of benzene rings is 2. The van der Waals surface area contributed by atoms with E-state index in [0.29, 0.717) is 37.1 Å². The van der Waals surface area contributed by atoms with Gasteiger partial charge in [0, 0.05) is 42.5 Å². The number of fused-ring (bicyclic) bond motifs is 3. The first-order chi connectivity index (χ1) is 17.5. The lowest BCUT2D eigenvalue weighted by Gasteiger charge is -2.42. The van der Waals surface area contributed by atoms with Crippen LogP contribution >= 0.6 is 0 Å². The molecule has 5 rings (SSSR count). The molecule has 2 atom stereocenters. The molecule has 2 aromatic carbocycles. The summed E-state index contributed by atoms with van der Waals surface area (Å²) in [5.41, 5.74) is 0.896. The van der Waals surface area contributed by atoms with Crippen LogP contribution < -0.4 is 11.1 Å². The summed E-state index contributed by atoms with van der Waals surface area (Å²) in [6.07, 6.45) is -4.09. The van der Waals surface area contributed by atoms with E-state index >= 15 is 8.78 Å². The van der Waals surface area contributed by atoms with Crippen molar-refractivity contribution in [1.82, 2.24) is 14.8 Å². The zero-order chi connectivity index (χ0) is 26.5. The Morgan fingerprint density at radius 2 is 1.86 bits per heavy atom. The van der Waals surface area contributed by atoms with Crippen LogP contribution in [0.25, 0.3) is 11.1 Å². The summed E-state index contributed by atoms with van der Waals surface area (Å²) in [7, 11) is 0. The molecule has 1 saturated heterocycles. The van der Waals surface area contributed by atoms with Gasteiger partial charge in [-0.25, -0.2) is 13.6 Å². The average molecular weight is 528 g/mol. The Kier molecular flexibility index (Phi) is 6.73. The number of hydrogen-bond acceptors (Lipinski definition) is 5. The van der Waals surface area contributed by atoms with Crippen molar-refractivity contribution in [2.24, 2.45) is 0 Å². The summed E-state index contributed by atoms with van der Waals surface area (Å²) in [4.78, 5) is 17.3. The quantitative estimate of drug-likeness (QED) is 0.434. The summed E-state index contributed by atoms with van der Waals surface area (Å²) in [5.74, 6) is -2.69. The van der Waals surface area contributed by atoms with Crippen molar-refractivity contribution in [3.63, 3.8) is 0 Å². The Morgan fingerprint density at radius 3 is 2.51 bits per heavy atom. The second-order valence-electron chi connectivity index (χ2n) is 9.76. The molecule has 2 aliphatic rings. The monoisotopic (exact) mass is 528 g/mol. The van der Waals surface area contributed by atoms with Crippen molar-refractivity contribution in [2.75, 3.05) is 38.2 Å². The predicted octanol–water partition coefficient (Wildman–Crippen LogP) is 4.75. The molecule has 0 aliphatic carbocycles. The molecule has 1 fully saturated rings. The van der Waals surface area contributed by atoms with Crippen molar-refractivity contribution in [1.29, 1.82) is 0 Å². The largest absolute Gasteiger partial charge is 0.417 e. The van der Waals surface area contributed by atoms with Gasteiger partial charge < -0.3 is 9.73 Å². The molecule has 3 aromatic rings. The number of H-pyrrole nitrogens is 1. The standard InChI is InChI=1S/C25H26F6N4O2/c1-13-7-17-16(3-4-20-23(17)37-24(36)33-20)22(35(13)12-25(29,30)31)21-18(27)8-14(9-19(21)28)32-15-10-34(11-15)6-2-5-26/h3-4,8-9,13,15,22,32H,2,5-7,10-12H2,1H3,(H,33,36)/t13-,22+/m1/s1. The van der Waals surface area contributed by atoms with Gasteiger partial charge in [-0.3, -0.25) is 19.2 Å². The molecule has 0 saturated carbocycles. The lowest BCUT2D eigenvalue weighted by atomic mass is 9.84. The maximum absolute atomic E-state index is 15.5. The van der Waals surface area contributed by atoms with E-state index in [0.717, 1.165) is 17.0 Å². The Balaban J connectivity index is 1.52. The summed E-state index contributed by atoms with van der Waals surface area (Å²) in [6.45, 7) is 1.54. The average Bonchev–Trinajstić information content (AvgIpc) is 3.16. The van der Waals surface area contributed by atoms with E-state index in [1.165, 1.54) is 12.1 Å². The highest BCUT2D eigenvalue weighted by atomic mass is 19.4. The Morgan fingerprint density at radius 1 is 1.16 bits per heavy atom. The maximum atomic E-state index is 15.5. The first-order valence-corrected chi connectivity index (χ1v) is 12.0. The first-order valence-electron chi connectivity index (χ1n) is 12.0. The van der Waals surface area contributed by atoms with Crippen LogP contribution in [0.5, 0.6) is 0 Å². The zero-order valence-corrected chi connectivity index (χ0v) is 20.0. The minimum Gasteiger partial charge on any atom is -0.408 e. The molecule has 1 aromatic heterocycles. The van der Waals surface area contributed by atoms with E-state index in [4.69, 9.17) is 4.42 Å². The van der Waals surface area contributed by atoms with Crippen molar-refractivity contribution in [3.05, 3.63) is 63.1 Å². The van der Waals surface area contributed by atoms with Crippen LogP contribution in [0.3, 0.4) is 0 Å². The van der Waals surface area contributed by atoms with Crippen molar-refractivity contribution < 1.29 is 30.8 Å². The maximum Gasteiger partial charge on any atom is 0.417 e. The van der Waals surface area contributed by atoms with E-state index in [1.807, 2.05) is 4.90 Å². The number of halogens is 6. The fourth-order valence-electron chi connectivity index (χ4n) is 5.47. The van der Waals surface area contributed by atoms with E-state index in [1.54, 1.807) is 6.92 Å². The molecule has 37 heavy (non-hydrogen) atoms. The second kappa shape index (κ2) is 9.71. The second-order valence-corrected chi connectivity index (χ2v) is 9.76. The van der Waals surface area contributed by atoms with Gasteiger partial charge in [0.1, 0.15) is 11.6 Å². The summed E-state index contributed by atoms with van der Waals surface area (Å²) >= 11 is 0. The van der Waals surface area contributed by atoms with Crippen LogP contribution in [0.2, 0.25) is 0 Å². The number of aromatic amines is 1. The molecule has 0 amide bonds. The first kappa shape index (κ1) is 25.7. The van der Waals surface area contributed by atoms with Gasteiger partial charge in [0.05, 0.1) is 30.8 Å². The SMILES string of the molecule is C[C@@H]1Cc2c(ccc3[nH]c(=O)oc23)[C@@H](c2c(F)cc(NC3CN(CCCF)C3)cc2F)N1CC(F)(F)F. The molecule has 0 spiro atoms. The smallest absolute Gasteiger partial charge is 0.408 e. The molecule has 200 valence electrons. The van der Waals surface area contributed by atoms with Crippen LogP contribution in [0.15, 0.2) is 33.5 Å². The van der Waals surface area contributed by atoms with Crippen LogP contribution in [0, 0.1) is 11.6 Å². The fourth-order valence-corrected chi connectivity index (χ4v) is 5.47. The van der Waals surface area contributed by atoms with Crippen LogP contribution in [-0.4, -0.2) is 65.9 Å². The molecule has 12 heteroatoms. The molecule has 0 bridgehead atoms. The van der Waals surface area contributed by atoms with Gasteiger partial charge in [0.2, 0.25) is 0 Å². The van der Waals surface area contributed by atoms with E-state index in [2.05, 4.69) is 10.3 Å². The van der Waals surface area contributed by atoms with Gasteiger partial charge >= 0.3 is 11.9 Å². The summed E-state index contributed by atoms with van der Waals surface area (Å²) in [5, 5.41) is 3.04. The molecule has 3 heterocycles. The third-order valence-electron chi connectivity index (χ3n) is 7.07. The number of nitrogens with one attached hydrogen (secondary N) is 2. The highest BCUT2D eigenvalue weighted by Gasteiger charge is 2.43. The normalized spacial score (nSPS) is 21.3. The van der Waals surface area contributed by atoms with Gasteiger partial charge in [-0.1, -0.05) is 6.07 Å². The number of anilines is 1. The molecule has 0 unspecified atom stereocenters. The van der Waals surface area contributed by atoms with Crippen LogP contribution in [0.4, 0.5) is 32.0 Å². The van der Waals surface area contributed by atoms with Crippen LogP contribution in [-0.2, 0) is 6.42 Å². The lowest BCUT2D eigenvalue weighted by Crippen LogP contribution is -2.54. The Labute approximate surface area is 208 Å². The molecule has 2 aliphatic heterocycles. The number of likely N-dealkylation sites (tertiary alicyclic amines) is 1. The number of aromatic nitrogens is 1. The van der Waals surface area contributed by atoms with E-state index < -0.39 is 54.4 Å². The zero-order valence-electron chi connectivity index (χ0n) is 20.0. The van der Waals surface area contributed by atoms with E-state index in [9.17, 15) is 22.4 Å². The number of hydrogen-bond donors (Lipinski definition) is 2. The van der Waals surface area contributed by atoms with E-state index in [-0.39, 0.29) is 29.3 Å². The van der Waals surface area contributed by atoms with Gasteiger partial charge in [-0.2, -0.15) is 13.2 Å². The summed E-state index contributed by atoms with van der Waals surface area (Å²) in [6, 6.07) is 2.89. The van der Waals surface area contributed by atoms with Crippen molar-refractivity contribution in [2.45, 2.75) is 44.1 Å². The minimum atomic E-state index is -4.61. The van der Waals surface area contributed by atoms with Gasteiger partial charge in [-0.05, 0) is 43.5 Å². The highest BCUT2D eigenvalue weighted by molar-refractivity contribution is 5.78.